The minimum Gasteiger partial charge on any atom is -0.378 e. The zero-order chi connectivity index (χ0) is 19.2. The first-order chi connectivity index (χ1) is 13.0. The molecule has 1 N–H and O–H groups in total. The van der Waals surface area contributed by atoms with E-state index < -0.39 is 4.92 Å². The molecule has 8 nitrogen and oxygen atoms in total. The quantitative estimate of drug-likeness (QED) is 0.443. The molecule has 0 spiro atoms. The fourth-order valence-corrected chi connectivity index (χ4v) is 3.77. The molecule has 9 heteroatoms. The number of ether oxygens (including phenoxy) is 1. The Labute approximate surface area is 161 Å². The monoisotopic (exact) mass is 390 g/mol. The van der Waals surface area contributed by atoms with Crippen LogP contribution in [0, 0.1) is 17.0 Å². The molecule has 27 heavy (non-hydrogen) atoms. The van der Waals surface area contributed by atoms with Crippen molar-refractivity contribution in [2.24, 2.45) is 0 Å². The molecule has 1 aromatic heterocycles. The molecule has 1 aliphatic rings. The smallest absolute Gasteiger partial charge is 0.270 e. The van der Waals surface area contributed by atoms with Crippen molar-refractivity contribution in [3.8, 4) is 0 Å². The normalized spacial score (nSPS) is 14.2. The van der Waals surface area contributed by atoms with Gasteiger partial charge in [0.15, 0.2) is 0 Å². The number of nitrogens with one attached hydrogen (secondary N) is 1. The zero-order valence-electron chi connectivity index (χ0n) is 15.1. The average molecular weight is 390 g/mol. The number of amides is 1. The third-order valence-electron chi connectivity index (χ3n) is 4.31. The van der Waals surface area contributed by atoms with Gasteiger partial charge in [-0.15, -0.1) is 11.3 Å². The Hall–Kier alpha value is -2.52. The second-order valence-corrected chi connectivity index (χ2v) is 7.24. The maximum Gasteiger partial charge on any atom is 0.270 e. The SMILES string of the molecule is Cc1csc(CCCNC(=O)c2cc([N+](=O)[O-])ccc2N2CCOCC2)n1. The summed E-state index contributed by atoms with van der Waals surface area (Å²) in [6.07, 6.45) is 1.56. The minimum atomic E-state index is -0.481. The van der Waals surface area contributed by atoms with Crippen molar-refractivity contribution in [3.63, 3.8) is 0 Å². The fourth-order valence-electron chi connectivity index (χ4n) is 2.95. The van der Waals surface area contributed by atoms with E-state index >= 15 is 0 Å². The summed E-state index contributed by atoms with van der Waals surface area (Å²) < 4.78 is 5.35. The van der Waals surface area contributed by atoms with Gasteiger partial charge in [-0.05, 0) is 19.4 Å². The topological polar surface area (TPSA) is 97.6 Å². The summed E-state index contributed by atoms with van der Waals surface area (Å²) in [5.41, 5.74) is 1.95. The van der Waals surface area contributed by atoms with Crippen LogP contribution in [0.25, 0.3) is 0 Å². The van der Waals surface area contributed by atoms with Crippen LogP contribution in [0.15, 0.2) is 23.6 Å². The Morgan fingerprint density at radius 2 is 2.19 bits per heavy atom. The molecule has 2 aromatic rings. The molecule has 1 saturated heterocycles. The second kappa shape index (κ2) is 8.92. The number of nitrogens with zero attached hydrogens (tertiary/aromatic N) is 3. The molecular weight excluding hydrogens is 368 g/mol. The molecule has 0 radical (unpaired) electrons. The number of morpholine rings is 1. The summed E-state index contributed by atoms with van der Waals surface area (Å²) >= 11 is 1.61. The summed E-state index contributed by atoms with van der Waals surface area (Å²) in [5.74, 6) is -0.296. The molecule has 0 unspecified atom stereocenters. The number of anilines is 1. The number of benzene rings is 1. The molecule has 144 valence electrons. The van der Waals surface area contributed by atoms with Crippen molar-refractivity contribution in [1.29, 1.82) is 0 Å². The van der Waals surface area contributed by atoms with Crippen LogP contribution in [0.1, 0.15) is 27.5 Å². The predicted octanol–water partition coefficient (Wildman–Crippen LogP) is 2.56. The van der Waals surface area contributed by atoms with Gasteiger partial charge in [-0.2, -0.15) is 0 Å². The fraction of sp³-hybridized carbons (Fsp3) is 0.444. The predicted molar refractivity (Wildman–Crippen MR) is 104 cm³/mol. The highest BCUT2D eigenvalue weighted by molar-refractivity contribution is 7.09. The van der Waals surface area contributed by atoms with E-state index in [0.717, 1.165) is 23.5 Å². The maximum atomic E-state index is 12.7. The first kappa shape index (κ1) is 19.2. The van der Waals surface area contributed by atoms with Crippen LogP contribution in [0.2, 0.25) is 0 Å². The first-order valence-electron chi connectivity index (χ1n) is 8.85. The van der Waals surface area contributed by atoms with Crippen LogP contribution in [0.5, 0.6) is 0 Å². The summed E-state index contributed by atoms with van der Waals surface area (Å²) in [6.45, 7) is 4.90. The van der Waals surface area contributed by atoms with Crippen LogP contribution < -0.4 is 10.2 Å². The minimum absolute atomic E-state index is 0.0876. The number of rotatable bonds is 7. The Morgan fingerprint density at radius 1 is 1.41 bits per heavy atom. The van der Waals surface area contributed by atoms with Gasteiger partial charge in [-0.3, -0.25) is 14.9 Å². The van der Waals surface area contributed by atoms with E-state index in [1.807, 2.05) is 17.2 Å². The van der Waals surface area contributed by atoms with E-state index in [1.54, 1.807) is 17.4 Å². The molecule has 1 aromatic carbocycles. The summed E-state index contributed by atoms with van der Waals surface area (Å²) in [7, 11) is 0. The van der Waals surface area contributed by atoms with E-state index in [9.17, 15) is 14.9 Å². The molecular formula is C18H22N4O4S. The number of hydrogen-bond acceptors (Lipinski definition) is 7. The van der Waals surface area contributed by atoms with Crippen molar-refractivity contribution in [2.75, 3.05) is 37.7 Å². The maximum absolute atomic E-state index is 12.7. The van der Waals surface area contributed by atoms with Gasteiger partial charge < -0.3 is 15.0 Å². The van der Waals surface area contributed by atoms with Crippen molar-refractivity contribution >= 4 is 28.6 Å². The molecule has 3 rings (SSSR count). The molecule has 0 aliphatic carbocycles. The van der Waals surface area contributed by atoms with Gasteiger partial charge in [0.25, 0.3) is 11.6 Å². The lowest BCUT2D eigenvalue weighted by molar-refractivity contribution is -0.384. The first-order valence-corrected chi connectivity index (χ1v) is 9.73. The Kier molecular flexibility index (Phi) is 6.36. The number of carbonyl (C=O) groups excluding carboxylic acids is 1. The van der Waals surface area contributed by atoms with E-state index in [2.05, 4.69) is 10.3 Å². The van der Waals surface area contributed by atoms with Gasteiger partial charge in [0.1, 0.15) is 0 Å². The van der Waals surface area contributed by atoms with Gasteiger partial charge >= 0.3 is 0 Å². The summed E-state index contributed by atoms with van der Waals surface area (Å²) in [6, 6.07) is 4.44. The van der Waals surface area contributed by atoms with Crippen molar-refractivity contribution in [2.45, 2.75) is 19.8 Å². The number of aryl methyl sites for hydroxylation is 2. The van der Waals surface area contributed by atoms with Crippen LogP contribution in [0.3, 0.4) is 0 Å². The lowest BCUT2D eigenvalue weighted by Crippen LogP contribution is -2.38. The molecule has 0 saturated carbocycles. The Balaban J connectivity index is 1.67. The summed E-state index contributed by atoms with van der Waals surface area (Å²) in [5, 5.41) is 17.0. The zero-order valence-corrected chi connectivity index (χ0v) is 16.0. The van der Waals surface area contributed by atoms with E-state index in [0.29, 0.717) is 44.1 Å². The number of hydrogen-bond donors (Lipinski definition) is 1. The molecule has 0 atom stereocenters. The number of thiazole rings is 1. The lowest BCUT2D eigenvalue weighted by Gasteiger charge is -2.30. The van der Waals surface area contributed by atoms with Crippen LogP contribution in [-0.4, -0.2) is 48.7 Å². The highest BCUT2D eigenvalue weighted by atomic mass is 32.1. The third-order valence-corrected chi connectivity index (χ3v) is 5.33. The highest BCUT2D eigenvalue weighted by Gasteiger charge is 2.21. The number of nitro groups is 1. The largest absolute Gasteiger partial charge is 0.378 e. The van der Waals surface area contributed by atoms with Gasteiger partial charge in [0.05, 0.1) is 34.4 Å². The average Bonchev–Trinajstić information content (AvgIpc) is 3.10. The van der Waals surface area contributed by atoms with Gasteiger partial charge in [-0.1, -0.05) is 0 Å². The van der Waals surface area contributed by atoms with Crippen LogP contribution in [0.4, 0.5) is 11.4 Å². The van der Waals surface area contributed by atoms with Gasteiger partial charge in [0.2, 0.25) is 0 Å². The second-order valence-electron chi connectivity index (χ2n) is 6.30. The summed E-state index contributed by atoms with van der Waals surface area (Å²) in [4.78, 5) is 29.8. The number of nitro benzene ring substituents is 1. The van der Waals surface area contributed by atoms with Crippen molar-refractivity contribution in [1.82, 2.24) is 10.3 Å². The van der Waals surface area contributed by atoms with E-state index in [-0.39, 0.29) is 11.6 Å². The third kappa shape index (κ3) is 5.01. The lowest BCUT2D eigenvalue weighted by atomic mass is 10.1. The highest BCUT2D eigenvalue weighted by Crippen LogP contribution is 2.26. The molecule has 0 bridgehead atoms. The number of aromatic nitrogens is 1. The van der Waals surface area contributed by atoms with Gasteiger partial charge in [-0.25, -0.2) is 4.98 Å². The Morgan fingerprint density at radius 3 is 2.85 bits per heavy atom. The molecule has 1 fully saturated rings. The van der Waals surface area contributed by atoms with Gasteiger partial charge in [0, 0.05) is 49.3 Å². The van der Waals surface area contributed by atoms with Crippen LogP contribution >= 0.6 is 11.3 Å². The standard InChI is InChI=1S/C18H22N4O4S/c1-13-12-27-17(20-13)3-2-6-19-18(23)15-11-14(22(24)25)4-5-16(15)21-7-9-26-10-8-21/h4-5,11-12H,2-3,6-10H2,1H3,(H,19,23). The number of non-ortho nitro benzene ring substituents is 1. The Bertz CT molecular complexity index is 817. The van der Waals surface area contributed by atoms with Crippen molar-refractivity contribution in [3.05, 3.63) is 50.0 Å². The van der Waals surface area contributed by atoms with E-state index in [4.69, 9.17) is 4.74 Å². The molecule has 1 aliphatic heterocycles. The van der Waals surface area contributed by atoms with Crippen molar-refractivity contribution < 1.29 is 14.5 Å². The van der Waals surface area contributed by atoms with E-state index in [1.165, 1.54) is 12.1 Å². The van der Waals surface area contributed by atoms with Crippen LogP contribution in [-0.2, 0) is 11.2 Å². The number of carbonyl (C=O) groups is 1. The molecule has 2 heterocycles. The molecule has 1 amide bonds.